The Hall–Kier alpha value is -1.17. The normalized spacial score (nSPS) is 11.2. The lowest BCUT2D eigenvalue weighted by Crippen LogP contribution is -2.09. The van der Waals surface area contributed by atoms with Gasteiger partial charge in [-0.3, -0.25) is 0 Å². The number of hydrogen-bond acceptors (Lipinski definition) is 4. The molecule has 1 aromatic rings. The predicted molar refractivity (Wildman–Crippen MR) is 56.3 cm³/mol. The highest BCUT2D eigenvalue weighted by atomic mass is 32.2. The second kappa shape index (κ2) is 5.65. The van der Waals surface area contributed by atoms with Gasteiger partial charge < -0.3 is 0 Å². The predicted octanol–water partition coefficient (Wildman–Crippen LogP) is 1.65. The Morgan fingerprint density at radius 1 is 1.27 bits per heavy atom. The van der Waals surface area contributed by atoms with E-state index < -0.39 is 10.1 Å². The van der Waals surface area contributed by atoms with E-state index in [1.165, 1.54) is 6.08 Å². The van der Waals surface area contributed by atoms with E-state index in [1.807, 2.05) is 6.07 Å². The molecule has 0 aliphatic rings. The molecule has 0 N–H and O–H groups in total. The summed E-state index contributed by atoms with van der Waals surface area (Å²) in [5.41, 5.74) is 0.653. The molecule has 82 valence electrons. The summed E-state index contributed by atoms with van der Waals surface area (Å²) in [6.45, 7) is 3.40. The monoisotopic (exact) mass is 228 g/mol. The molecule has 5 heteroatoms. The molecular formula is C10H12O4S. The molecule has 4 nitrogen and oxygen atoms in total. The number of benzene rings is 1. The molecule has 0 radical (unpaired) electrons. The van der Waals surface area contributed by atoms with Crippen molar-refractivity contribution in [1.82, 2.24) is 0 Å². The van der Waals surface area contributed by atoms with Gasteiger partial charge in [-0.15, -0.1) is 10.9 Å². The summed E-state index contributed by atoms with van der Waals surface area (Å²) in [7, 11) is -3.68. The van der Waals surface area contributed by atoms with Gasteiger partial charge in [0, 0.05) is 0 Å². The highest BCUT2D eigenvalue weighted by molar-refractivity contribution is 7.85. The summed E-state index contributed by atoms with van der Waals surface area (Å²) >= 11 is 0. The van der Waals surface area contributed by atoms with Crippen LogP contribution in [0.15, 0.2) is 43.0 Å². The molecule has 0 heterocycles. The van der Waals surface area contributed by atoms with E-state index in [1.54, 1.807) is 24.3 Å². The lowest BCUT2D eigenvalue weighted by molar-refractivity contribution is -0.190. The SMILES string of the molecule is C=CCOOS(=O)(=O)Cc1ccccc1. The van der Waals surface area contributed by atoms with E-state index in [0.29, 0.717) is 5.56 Å². The van der Waals surface area contributed by atoms with Gasteiger partial charge in [0.25, 0.3) is 10.1 Å². The van der Waals surface area contributed by atoms with Crippen molar-refractivity contribution in [2.45, 2.75) is 5.75 Å². The van der Waals surface area contributed by atoms with Crippen molar-refractivity contribution < 1.29 is 17.6 Å². The minimum atomic E-state index is -3.68. The topological polar surface area (TPSA) is 52.6 Å². The first-order valence-corrected chi connectivity index (χ1v) is 5.90. The van der Waals surface area contributed by atoms with Gasteiger partial charge in [-0.1, -0.05) is 36.4 Å². The molecule has 1 rings (SSSR count). The molecular weight excluding hydrogens is 216 g/mol. The summed E-state index contributed by atoms with van der Waals surface area (Å²) in [5, 5.41) is 0. The molecule has 0 aromatic heterocycles. The van der Waals surface area contributed by atoms with E-state index in [0.717, 1.165) is 0 Å². The average Bonchev–Trinajstić information content (AvgIpc) is 2.18. The summed E-state index contributed by atoms with van der Waals surface area (Å²) < 4.78 is 26.9. The van der Waals surface area contributed by atoms with Gasteiger partial charge in [-0.2, -0.15) is 8.42 Å². The minimum absolute atomic E-state index is 0.0357. The molecule has 0 bridgehead atoms. The largest absolute Gasteiger partial charge is 0.297 e. The lowest BCUT2D eigenvalue weighted by Gasteiger charge is -2.03. The van der Waals surface area contributed by atoms with Crippen LogP contribution in [-0.2, 0) is 25.1 Å². The highest BCUT2D eigenvalue weighted by Gasteiger charge is 2.12. The van der Waals surface area contributed by atoms with Crippen LogP contribution in [0.5, 0.6) is 0 Å². The van der Waals surface area contributed by atoms with Crippen LogP contribution >= 0.6 is 0 Å². The van der Waals surface area contributed by atoms with Gasteiger partial charge in [0.2, 0.25) is 0 Å². The summed E-state index contributed by atoms with van der Waals surface area (Å²) in [4.78, 5) is 4.41. The fraction of sp³-hybridized carbons (Fsp3) is 0.200. The van der Waals surface area contributed by atoms with Crippen molar-refractivity contribution in [3.05, 3.63) is 48.6 Å². The van der Waals surface area contributed by atoms with Gasteiger partial charge in [-0.25, -0.2) is 4.89 Å². The van der Waals surface area contributed by atoms with Crippen molar-refractivity contribution in [3.63, 3.8) is 0 Å². The quantitative estimate of drug-likeness (QED) is 0.321. The average molecular weight is 228 g/mol. The van der Waals surface area contributed by atoms with Gasteiger partial charge >= 0.3 is 0 Å². The zero-order chi connectivity index (χ0) is 11.1. The van der Waals surface area contributed by atoms with Crippen LogP contribution < -0.4 is 0 Å². The minimum Gasteiger partial charge on any atom is -0.216 e. The van der Waals surface area contributed by atoms with Gasteiger partial charge in [0.1, 0.15) is 12.4 Å². The molecule has 1 aromatic carbocycles. The zero-order valence-corrected chi connectivity index (χ0v) is 8.94. The Balaban J connectivity index is 2.53. The van der Waals surface area contributed by atoms with Crippen LogP contribution in [0.3, 0.4) is 0 Å². The molecule has 0 aliphatic carbocycles. The Labute approximate surface area is 89.2 Å². The Kier molecular flexibility index (Phi) is 4.48. The molecule has 0 saturated heterocycles. The van der Waals surface area contributed by atoms with Crippen molar-refractivity contribution in [2.24, 2.45) is 0 Å². The molecule has 15 heavy (non-hydrogen) atoms. The van der Waals surface area contributed by atoms with Crippen molar-refractivity contribution in [2.75, 3.05) is 6.61 Å². The molecule has 0 saturated carbocycles. The van der Waals surface area contributed by atoms with E-state index in [-0.39, 0.29) is 12.4 Å². The molecule has 0 unspecified atom stereocenters. The zero-order valence-electron chi connectivity index (χ0n) is 8.13. The summed E-state index contributed by atoms with van der Waals surface area (Å²) in [6.07, 6.45) is 1.40. The van der Waals surface area contributed by atoms with Gasteiger partial charge in [-0.05, 0) is 5.56 Å². The van der Waals surface area contributed by atoms with Crippen molar-refractivity contribution in [3.8, 4) is 0 Å². The third-order valence-corrected chi connectivity index (χ3v) is 2.51. The standard InChI is InChI=1S/C10H12O4S/c1-2-8-13-14-15(11,12)9-10-6-4-3-5-7-10/h2-7H,1,8-9H2. The van der Waals surface area contributed by atoms with Crippen LogP contribution in [0.25, 0.3) is 0 Å². The fourth-order valence-electron chi connectivity index (χ4n) is 0.952. The van der Waals surface area contributed by atoms with Gasteiger partial charge in [0.05, 0.1) is 0 Å². The maximum Gasteiger partial charge on any atom is 0.297 e. The molecule has 0 aliphatic heterocycles. The molecule has 0 spiro atoms. The third kappa shape index (κ3) is 4.73. The molecule has 0 atom stereocenters. The highest BCUT2D eigenvalue weighted by Crippen LogP contribution is 2.07. The second-order valence-electron chi connectivity index (χ2n) is 2.83. The Morgan fingerprint density at radius 2 is 1.93 bits per heavy atom. The number of hydrogen-bond donors (Lipinski definition) is 0. The molecule has 0 amide bonds. The van der Waals surface area contributed by atoms with Crippen molar-refractivity contribution >= 4 is 10.1 Å². The van der Waals surface area contributed by atoms with E-state index in [9.17, 15) is 8.42 Å². The summed E-state index contributed by atoms with van der Waals surface area (Å²) in [5.74, 6) is -0.203. The van der Waals surface area contributed by atoms with Crippen LogP contribution in [0, 0.1) is 0 Å². The maximum atomic E-state index is 11.3. The van der Waals surface area contributed by atoms with Crippen molar-refractivity contribution in [1.29, 1.82) is 0 Å². The second-order valence-corrected chi connectivity index (χ2v) is 4.37. The van der Waals surface area contributed by atoms with Crippen LogP contribution in [0.4, 0.5) is 0 Å². The number of rotatable bonds is 6. The van der Waals surface area contributed by atoms with Gasteiger partial charge in [0.15, 0.2) is 0 Å². The summed E-state index contributed by atoms with van der Waals surface area (Å²) in [6, 6.07) is 8.74. The first-order chi connectivity index (χ1) is 7.14. The van der Waals surface area contributed by atoms with E-state index >= 15 is 0 Å². The van der Waals surface area contributed by atoms with Crippen LogP contribution in [0.1, 0.15) is 5.56 Å². The Morgan fingerprint density at radius 3 is 2.53 bits per heavy atom. The Bertz CT molecular complexity index is 397. The van der Waals surface area contributed by atoms with E-state index in [4.69, 9.17) is 0 Å². The fourth-order valence-corrected chi connectivity index (χ4v) is 1.80. The maximum absolute atomic E-state index is 11.3. The lowest BCUT2D eigenvalue weighted by atomic mass is 10.2. The first kappa shape index (κ1) is 11.9. The third-order valence-electron chi connectivity index (χ3n) is 1.52. The smallest absolute Gasteiger partial charge is 0.216 e. The molecule has 0 fully saturated rings. The van der Waals surface area contributed by atoms with Crippen LogP contribution in [-0.4, -0.2) is 15.0 Å². The first-order valence-electron chi connectivity index (χ1n) is 4.32. The van der Waals surface area contributed by atoms with Crippen LogP contribution in [0.2, 0.25) is 0 Å². The van der Waals surface area contributed by atoms with E-state index in [2.05, 4.69) is 15.8 Å².